The van der Waals surface area contributed by atoms with Gasteiger partial charge in [0.25, 0.3) is 0 Å². The monoisotopic (exact) mass is 421 g/mol. The number of aromatic nitrogens is 1. The van der Waals surface area contributed by atoms with Gasteiger partial charge in [-0.1, -0.05) is 84.1 Å². The van der Waals surface area contributed by atoms with Crippen molar-refractivity contribution in [1.29, 1.82) is 0 Å². The van der Waals surface area contributed by atoms with Crippen LogP contribution in [0.1, 0.15) is 96.5 Å². The van der Waals surface area contributed by atoms with Crippen molar-refractivity contribution in [3.05, 3.63) is 48.2 Å². The van der Waals surface area contributed by atoms with Gasteiger partial charge in [-0.3, -0.25) is 4.98 Å². The van der Waals surface area contributed by atoms with Crippen molar-refractivity contribution in [3.63, 3.8) is 0 Å². The van der Waals surface area contributed by atoms with E-state index in [0.717, 1.165) is 41.9 Å². The maximum Gasteiger partial charge on any atom is 0.119 e. The van der Waals surface area contributed by atoms with E-state index in [-0.39, 0.29) is 0 Å². The van der Waals surface area contributed by atoms with Crippen LogP contribution in [-0.2, 0) is 6.42 Å². The largest absolute Gasteiger partial charge is 0.494 e. The zero-order valence-electron chi connectivity index (χ0n) is 20.0. The van der Waals surface area contributed by atoms with E-state index in [0.29, 0.717) is 0 Å². The summed E-state index contributed by atoms with van der Waals surface area (Å²) in [5.74, 6) is 2.92. The number of pyridine rings is 1. The van der Waals surface area contributed by atoms with Crippen molar-refractivity contribution in [3.8, 4) is 17.0 Å². The van der Waals surface area contributed by atoms with Crippen LogP contribution in [0.15, 0.2) is 42.6 Å². The smallest absolute Gasteiger partial charge is 0.119 e. The van der Waals surface area contributed by atoms with Crippen LogP contribution >= 0.6 is 0 Å². The molecule has 1 saturated carbocycles. The first-order valence-corrected chi connectivity index (χ1v) is 13.0. The van der Waals surface area contributed by atoms with Crippen molar-refractivity contribution in [2.24, 2.45) is 11.8 Å². The standard InChI is InChI=1S/C29H43NO/c1-3-5-6-7-8-10-25-12-14-26(15-13-25)11-9-22-31-28-19-17-27(18-20-28)29-21-16-24(4-2)23-30-29/h16-21,23,25-26H,3-15,22H2,1-2H3. The van der Waals surface area contributed by atoms with Crippen LogP contribution in [0.3, 0.4) is 0 Å². The number of rotatable bonds is 13. The third kappa shape index (κ3) is 8.31. The topological polar surface area (TPSA) is 22.1 Å². The van der Waals surface area contributed by atoms with E-state index < -0.39 is 0 Å². The molecule has 0 radical (unpaired) electrons. The van der Waals surface area contributed by atoms with Crippen LogP contribution in [0.4, 0.5) is 0 Å². The Balaban J connectivity index is 1.28. The zero-order chi connectivity index (χ0) is 21.7. The molecule has 0 amide bonds. The normalized spacial score (nSPS) is 18.8. The van der Waals surface area contributed by atoms with Crippen LogP contribution < -0.4 is 4.74 Å². The lowest BCUT2D eigenvalue weighted by Gasteiger charge is -2.28. The molecule has 1 heterocycles. The first-order valence-electron chi connectivity index (χ1n) is 13.0. The van der Waals surface area contributed by atoms with E-state index >= 15 is 0 Å². The molecule has 0 spiro atoms. The minimum absolute atomic E-state index is 0.833. The first-order chi connectivity index (χ1) is 15.3. The molecule has 0 aliphatic heterocycles. The zero-order valence-corrected chi connectivity index (χ0v) is 20.0. The van der Waals surface area contributed by atoms with Gasteiger partial charge in [0.05, 0.1) is 12.3 Å². The van der Waals surface area contributed by atoms with Gasteiger partial charge in [-0.15, -0.1) is 0 Å². The van der Waals surface area contributed by atoms with E-state index in [1.54, 1.807) is 0 Å². The Labute approximate surface area is 190 Å². The number of benzene rings is 1. The van der Waals surface area contributed by atoms with E-state index in [1.165, 1.54) is 82.6 Å². The predicted octanol–water partition coefficient (Wildman–Crippen LogP) is 8.64. The van der Waals surface area contributed by atoms with Crippen molar-refractivity contribution < 1.29 is 4.74 Å². The van der Waals surface area contributed by atoms with Gasteiger partial charge in [0.2, 0.25) is 0 Å². The fraction of sp³-hybridized carbons (Fsp3) is 0.621. The SMILES string of the molecule is CCCCCCCC1CCC(CCCOc2ccc(-c3ccc(CC)cn3)cc2)CC1. The maximum atomic E-state index is 6.01. The maximum absolute atomic E-state index is 6.01. The summed E-state index contributed by atoms with van der Waals surface area (Å²) in [4.78, 5) is 4.57. The molecule has 1 aromatic carbocycles. The molecule has 170 valence electrons. The fourth-order valence-electron chi connectivity index (χ4n) is 4.93. The lowest BCUT2D eigenvalue weighted by atomic mass is 9.78. The number of ether oxygens (including phenoxy) is 1. The molecule has 1 fully saturated rings. The molecule has 0 saturated heterocycles. The lowest BCUT2D eigenvalue weighted by Crippen LogP contribution is -2.15. The van der Waals surface area contributed by atoms with Crippen molar-refractivity contribution in [1.82, 2.24) is 4.98 Å². The molecule has 31 heavy (non-hydrogen) atoms. The summed E-state index contributed by atoms with van der Waals surface area (Å²) < 4.78 is 6.01. The van der Waals surface area contributed by atoms with Gasteiger partial charge in [-0.25, -0.2) is 0 Å². The molecular formula is C29H43NO. The Kier molecular flexibility index (Phi) is 10.4. The highest BCUT2D eigenvalue weighted by molar-refractivity contribution is 5.60. The van der Waals surface area contributed by atoms with E-state index in [4.69, 9.17) is 4.74 Å². The second-order valence-corrected chi connectivity index (χ2v) is 9.51. The molecule has 2 nitrogen and oxygen atoms in total. The summed E-state index contributed by atoms with van der Waals surface area (Å²) in [5.41, 5.74) is 3.46. The van der Waals surface area contributed by atoms with E-state index in [1.807, 2.05) is 6.20 Å². The highest BCUT2D eigenvalue weighted by atomic mass is 16.5. The summed E-state index contributed by atoms with van der Waals surface area (Å²) in [7, 11) is 0. The molecule has 0 N–H and O–H groups in total. The Bertz CT molecular complexity index is 713. The number of nitrogens with zero attached hydrogens (tertiary/aromatic N) is 1. The Morgan fingerprint density at radius 2 is 1.45 bits per heavy atom. The number of hydrogen-bond acceptors (Lipinski definition) is 2. The fourth-order valence-corrected chi connectivity index (χ4v) is 4.93. The third-order valence-corrected chi connectivity index (χ3v) is 7.09. The molecule has 0 atom stereocenters. The average Bonchev–Trinajstić information content (AvgIpc) is 2.83. The molecule has 0 bridgehead atoms. The van der Waals surface area contributed by atoms with Crippen molar-refractivity contribution in [2.75, 3.05) is 6.61 Å². The van der Waals surface area contributed by atoms with Gasteiger partial charge in [-0.2, -0.15) is 0 Å². The summed E-state index contributed by atoms with van der Waals surface area (Å²) in [6, 6.07) is 12.7. The Morgan fingerprint density at radius 3 is 2.06 bits per heavy atom. The summed E-state index contributed by atoms with van der Waals surface area (Å²) in [5, 5.41) is 0. The summed E-state index contributed by atoms with van der Waals surface area (Å²) >= 11 is 0. The second-order valence-electron chi connectivity index (χ2n) is 9.51. The minimum atomic E-state index is 0.833. The molecule has 0 unspecified atom stereocenters. The van der Waals surface area contributed by atoms with Gasteiger partial charge in [-0.05, 0) is 67.0 Å². The van der Waals surface area contributed by atoms with E-state index in [2.05, 4.69) is 55.2 Å². The highest BCUT2D eigenvalue weighted by Crippen LogP contribution is 2.34. The predicted molar refractivity (Wildman–Crippen MR) is 133 cm³/mol. The molecule has 1 aliphatic rings. The number of unbranched alkanes of at least 4 members (excludes halogenated alkanes) is 4. The number of aryl methyl sites for hydroxylation is 1. The third-order valence-electron chi connectivity index (χ3n) is 7.09. The van der Waals surface area contributed by atoms with Crippen LogP contribution in [0.25, 0.3) is 11.3 Å². The summed E-state index contributed by atoms with van der Waals surface area (Å²) in [6.07, 6.45) is 19.9. The molecule has 3 rings (SSSR count). The van der Waals surface area contributed by atoms with Crippen molar-refractivity contribution >= 4 is 0 Å². The van der Waals surface area contributed by atoms with E-state index in [9.17, 15) is 0 Å². The van der Waals surface area contributed by atoms with Gasteiger partial charge in [0, 0.05) is 11.8 Å². The molecule has 1 aromatic heterocycles. The van der Waals surface area contributed by atoms with Gasteiger partial charge < -0.3 is 4.74 Å². The molecular weight excluding hydrogens is 378 g/mol. The van der Waals surface area contributed by atoms with Crippen molar-refractivity contribution in [2.45, 2.75) is 97.3 Å². The highest BCUT2D eigenvalue weighted by Gasteiger charge is 2.20. The first kappa shape index (κ1) is 23.8. The molecule has 1 aliphatic carbocycles. The second kappa shape index (κ2) is 13.6. The lowest BCUT2D eigenvalue weighted by molar-refractivity contribution is 0.228. The minimum Gasteiger partial charge on any atom is -0.494 e. The Morgan fingerprint density at radius 1 is 0.774 bits per heavy atom. The van der Waals surface area contributed by atoms with Crippen LogP contribution in [0.2, 0.25) is 0 Å². The molecule has 2 aromatic rings. The van der Waals surface area contributed by atoms with Gasteiger partial charge in [0.1, 0.15) is 5.75 Å². The van der Waals surface area contributed by atoms with Crippen LogP contribution in [0, 0.1) is 11.8 Å². The van der Waals surface area contributed by atoms with Gasteiger partial charge in [0.15, 0.2) is 0 Å². The summed E-state index contributed by atoms with van der Waals surface area (Å²) in [6.45, 7) is 5.29. The Hall–Kier alpha value is -1.83. The van der Waals surface area contributed by atoms with Crippen LogP contribution in [-0.4, -0.2) is 11.6 Å². The van der Waals surface area contributed by atoms with Gasteiger partial charge >= 0.3 is 0 Å². The molecule has 2 heteroatoms. The number of hydrogen-bond donors (Lipinski definition) is 0. The average molecular weight is 422 g/mol. The van der Waals surface area contributed by atoms with Crippen LogP contribution in [0.5, 0.6) is 5.75 Å². The quantitative estimate of drug-likeness (QED) is 0.302.